The van der Waals surface area contributed by atoms with Crippen molar-refractivity contribution in [2.24, 2.45) is 0 Å². The Hall–Kier alpha value is -2.86. The highest BCUT2D eigenvalue weighted by molar-refractivity contribution is 5.68. The number of hydrogen-bond acceptors (Lipinski definition) is 6. The van der Waals surface area contributed by atoms with Gasteiger partial charge in [0.25, 0.3) is 5.89 Å². The molecule has 1 aliphatic carbocycles. The standard InChI is InChI=1S/C19H19N3O3/c1-2-24-17-9-6-11(10-15(17)20)19-21-18(22-25-19)14-5-3-4-13-12(14)7-8-16(13)23/h3-6,9-10,16,23H,2,7-8,20H2,1H3/t16-/m0/s1. The van der Waals surface area contributed by atoms with E-state index >= 15 is 0 Å². The largest absolute Gasteiger partial charge is 0.492 e. The molecule has 0 fully saturated rings. The van der Waals surface area contributed by atoms with Crippen LogP contribution >= 0.6 is 0 Å². The van der Waals surface area contributed by atoms with Crippen molar-refractivity contribution < 1.29 is 14.4 Å². The summed E-state index contributed by atoms with van der Waals surface area (Å²) in [7, 11) is 0. The van der Waals surface area contributed by atoms with Crippen molar-refractivity contribution in [3.05, 3.63) is 47.5 Å². The summed E-state index contributed by atoms with van der Waals surface area (Å²) >= 11 is 0. The number of benzene rings is 2. The first kappa shape index (κ1) is 15.7. The third-order valence-electron chi connectivity index (χ3n) is 4.46. The lowest BCUT2D eigenvalue weighted by molar-refractivity contribution is 0.180. The quantitative estimate of drug-likeness (QED) is 0.709. The Morgan fingerprint density at radius 1 is 1.32 bits per heavy atom. The van der Waals surface area contributed by atoms with Crippen molar-refractivity contribution in [2.75, 3.05) is 12.3 Å². The van der Waals surface area contributed by atoms with Crippen LogP contribution < -0.4 is 10.5 Å². The lowest BCUT2D eigenvalue weighted by Gasteiger charge is -2.07. The first-order chi connectivity index (χ1) is 12.2. The molecule has 6 nitrogen and oxygen atoms in total. The van der Waals surface area contributed by atoms with E-state index < -0.39 is 6.10 Å². The Morgan fingerprint density at radius 2 is 2.20 bits per heavy atom. The molecule has 0 aliphatic heterocycles. The summed E-state index contributed by atoms with van der Waals surface area (Å²) < 4.78 is 10.9. The molecule has 0 radical (unpaired) electrons. The van der Waals surface area contributed by atoms with Crippen molar-refractivity contribution in [3.8, 4) is 28.6 Å². The van der Waals surface area contributed by atoms with E-state index in [1.807, 2.05) is 31.2 Å². The van der Waals surface area contributed by atoms with Crippen LogP contribution in [-0.2, 0) is 6.42 Å². The molecule has 1 atom stereocenters. The van der Waals surface area contributed by atoms with Crippen molar-refractivity contribution >= 4 is 5.69 Å². The van der Waals surface area contributed by atoms with E-state index in [1.165, 1.54) is 0 Å². The number of fused-ring (bicyclic) bond motifs is 1. The molecule has 0 unspecified atom stereocenters. The second-order valence-electron chi connectivity index (χ2n) is 6.04. The lowest BCUT2D eigenvalue weighted by Crippen LogP contribution is -1.97. The monoisotopic (exact) mass is 337 g/mol. The number of nitrogen functional groups attached to an aromatic ring is 1. The summed E-state index contributed by atoms with van der Waals surface area (Å²) in [5.74, 6) is 1.56. The molecule has 0 bridgehead atoms. The van der Waals surface area contributed by atoms with Crippen LogP contribution in [0.1, 0.15) is 30.6 Å². The smallest absolute Gasteiger partial charge is 0.258 e. The normalized spacial score (nSPS) is 16.0. The van der Waals surface area contributed by atoms with Gasteiger partial charge in [-0.25, -0.2) is 0 Å². The van der Waals surface area contributed by atoms with Gasteiger partial charge in [-0.15, -0.1) is 0 Å². The number of aliphatic hydroxyl groups excluding tert-OH is 1. The third-order valence-corrected chi connectivity index (χ3v) is 4.46. The van der Waals surface area contributed by atoms with Gasteiger partial charge in [0.05, 0.1) is 18.4 Å². The summed E-state index contributed by atoms with van der Waals surface area (Å²) in [6, 6.07) is 11.2. The van der Waals surface area contributed by atoms with Gasteiger partial charge in [-0.05, 0) is 49.1 Å². The van der Waals surface area contributed by atoms with Crippen LogP contribution in [0.2, 0.25) is 0 Å². The molecule has 3 N–H and O–H groups in total. The van der Waals surface area contributed by atoms with Gasteiger partial charge in [0, 0.05) is 11.1 Å². The van der Waals surface area contributed by atoms with Crippen LogP contribution in [0, 0.1) is 0 Å². The highest BCUT2D eigenvalue weighted by Crippen LogP contribution is 2.37. The first-order valence-corrected chi connectivity index (χ1v) is 8.34. The molecular formula is C19H19N3O3. The van der Waals surface area contributed by atoms with E-state index in [2.05, 4.69) is 10.1 Å². The van der Waals surface area contributed by atoms with Crippen LogP contribution in [0.15, 0.2) is 40.9 Å². The van der Waals surface area contributed by atoms with Crippen molar-refractivity contribution in [3.63, 3.8) is 0 Å². The Kier molecular flexibility index (Phi) is 3.89. The molecule has 3 aromatic rings. The number of aliphatic hydroxyl groups is 1. The molecule has 128 valence electrons. The Morgan fingerprint density at radius 3 is 3.00 bits per heavy atom. The Balaban J connectivity index is 1.69. The number of aromatic nitrogens is 2. The second-order valence-corrected chi connectivity index (χ2v) is 6.04. The maximum Gasteiger partial charge on any atom is 0.258 e. The topological polar surface area (TPSA) is 94.4 Å². The minimum absolute atomic E-state index is 0.404. The van der Waals surface area contributed by atoms with E-state index in [9.17, 15) is 5.11 Å². The first-order valence-electron chi connectivity index (χ1n) is 8.34. The molecule has 0 amide bonds. The molecule has 0 spiro atoms. The predicted octanol–water partition coefficient (Wildman–Crippen LogP) is 3.36. The maximum absolute atomic E-state index is 10.0. The zero-order valence-electron chi connectivity index (χ0n) is 13.9. The van der Waals surface area contributed by atoms with E-state index in [1.54, 1.807) is 12.1 Å². The zero-order valence-corrected chi connectivity index (χ0v) is 13.9. The van der Waals surface area contributed by atoms with Crippen molar-refractivity contribution in [2.45, 2.75) is 25.9 Å². The number of nitrogens with zero attached hydrogens (tertiary/aromatic N) is 2. The molecule has 6 heteroatoms. The van der Waals surface area contributed by atoms with Gasteiger partial charge in [0.15, 0.2) is 0 Å². The van der Waals surface area contributed by atoms with Crippen LogP contribution in [-0.4, -0.2) is 21.9 Å². The van der Waals surface area contributed by atoms with E-state index in [0.29, 0.717) is 29.8 Å². The fraction of sp³-hybridized carbons (Fsp3) is 0.263. The Labute approximate surface area is 145 Å². The second kappa shape index (κ2) is 6.22. The molecule has 2 aromatic carbocycles. The van der Waals surface area contributed by atoms with Crippen LogP contribution in [0.5, 0.6) is 5.75 Å². The molecule has 0 saturated heterocycles. The average Bonchev–Trinajstić information content (AvgIpc) is 3.24. The number of rotatable bonds is 4. The van der Waals surface area contributed by atoms with E-state index in [4.69, 9.17) is 15.0 Å². The fourth-order valence-corrected chi connectivity index (χ4v) is 3.26. The number of ether oxygens (including phenoxy) is 1. The lowest BCUT2D eigenvalue weighted by atomic mass is 10.0. The van der Waals surface area contributed by atoms with Crippen LogP contribution in [0.4, 0.5) is 5.69 Å². The average molecular weight is 337 g/mol. The summed E-state index contributed by atoms with van der Waals surface area (Å²) in [5.41, 5.74) is 10.2. The van der Waals surface area contributed by atoms with Crippen molar-refractivity contribution in [1.82, 2.24) is 10.1 Å². The molecule has 1 aliphatic rings. The van der Waals surface area contributed by atoms with Gasteiger partial charge in [-0.2, -0.15) is 4.98 Å². The molecular weight excluding hydrogens is 318 g/mol. The van der Waals surface area contributed by atoms with Gasteiger partial charge in [-0.1, -0.05) is 23.4 Å². The van der Waals surface area contributed by atoms with Gasteiger partial charge in [0.1, 0.15) is 5.75 Å². The Bertz CT molecular complexity index is 920. The number of anilines is 1. The highest BCUT2D eigenvalue weighted by Gasteiger charge is 2.25. The molecule has 0 saturated carbocycles. The summed E-state index contributed by atoms with van der Waals surface area (Å²) in [6.07, 6.45) is 1.13. The SMILES string of the molecule is CCOc1ccc(-c2nc(-c3cccc4c3CC[C@@H]4O)no2)cc1N. The van der Waals surface area contributed by atoms with E-state index in [0.717, 1.165) is 35.1 Å². The predicted molar refractivity (Wildman–Crippen MR) is 94.0 cm³/mol. The summed E-state index contributed by atoms with van der Waals surface area (Å²) in [6.45, 7) is 2.46. The van der Waals surface area contributed by atoms with Gasteiger partial charge >= 0.3 is 0 Å². The van der Waals surface area contributed by atoms with E-state index in [-0.39, 0.29) is 0 Å². The molecule has 25 heavy (non-hydrogen) atoms. The number of hydrogen-bond donors (Lipinski definition) is 2. The highest BCUT2D eigenvalue weighted by atomic mass is 16.5. The third kappa shape index (κ3) is 2.74. The minimum atomic E-state index is -0.410. The summed E-state index contributed by atoms with van der Waals surface area (Å²) in [4.78, 5) is 4.51. The van der Waals surface area contributed by atoms with Crippen LogP contribution in [0.3, 0.4) is 0 Å². The molecule has 1 aromatic heterocycles. The molecule has 4 rings (SSSR count). The number of nitrogens with two attached hydrogens (primary N) is 1. The van der Waals surface area contributed by atoms with Gasteiger partial charge in [-0.3, -0.25) is 0 Å². The van der Waals surface area contributed by atoms with Gasteiger partial charge < -0.3 is 20.1 Å². The summed E-state index contributed by atoms with van der Waals surface area (Å²) in [5, 5.41) is 14.2. The van der Waals surface area contributed by atoms with Gasteiger partial charge in [0.2, 0.25) is 5.82 Å². The minimum Gasteiger partial charge on any atom is -0.492 e. The van der Waals surface area contributed by atoms with Crippen LogP contribution in [0.25, 0.3) is 22.8 Å². The molecule has 1 heterocycles. The fourth-order valence-electron chi connectivity index (χ4n) is 3.26. The zero-order chi connectivity index (χ0) is 17.4. The maximum atomic E-state index is 10.0. The van der Waals surface area contributed by atoms with Crippen molar-refractivity contribution in [1.29, 1.82) is 0 Å².